The SMILES string of the molecule is CC(=O)NC(=Cc1cccc([N+](=O)[O-])c1)C(=O)Nc1ccc(Oc2ccccc2)cc1. The number of amides is 2. The van der Waals surface area contributed by atoms with Crippen LogP contribution in [0.3, 0.4) is 0 Å². The second-order valence-corrected chi connectivity index (χ2v) is 6.48. The van der Waals surface area contributed by atoms with Gasteiger partial charge in [0.2, 0.25) is 5.91 Å². The lowest BCUT2D eigenvalue weighted by Crippen LogP contribution is -2.28. The number of benzene rings is 3. The quantitative estimate of drug-likeness (QED) is 0.334. The molecular formula is C23H19N3O5. The molecule has 0 aliphatic heterocycles. The lowest BCUT2D eigenvalue weighted by atomic mass is 10.1. The summed E-state index contributed by atoms with van der Waals surface area (Å²) in [6.07, 6.45) is 1.37. The number of nitrogens with one attached hydrogen (secondary N) is 2. The van der Waals surface area contributed by atoms with Gasteiger partial charge >= 0.3 is 0 Å². The fraction of sp³-hybridized carbons (Fsp3) is 0.0435. The molecular weight excluding hydrogens is 398 g/mol. The second-order valence-electron chi connectivity index (χ2n) is 6.48. The van der Waals surface area contributed by atoms with E-state index in [1.165, 1.54) is 31.2 Å². The normalized spacial score (nSPS) is 10.8. The van der Waals surface area contributed by atoms with Crippen molar-refractivity contribution in [3.8, 4) is 11.5 Å². The molecule has 3 rings (SSSR count). The van der Waals surface area contributed by atoms with Crippen molar-refractivity contribution in [3.05, 3.63) is 100 Å². The summed E-state index contributed by atoms with van der Waals surface area (Å²) < 4.78 is 5.71. The maximum atomic E-state index is 12.7. The topological polar surface area (TPSA) is 111 Å². The van der Waals surface area contributed by atoms with Gasteiger partial charge in [-0.3, -0.25) is 19.7 Å². The molecule has 0 radical (unpaired) electrons. The molecule has 3 aromatic carbocycles. The van der Waals surface area contributed by atoms with Crippen LogP contribution in [0.2, 0.25) is 0 Å². The van der Waals surface area contributed by atoms with Crippen LogP contribution >= 0.6 is 0 Å². The van der Waals surface area contributed by atoms with Crippen molar-refractivity contribution in [3.63, 3.8) is 0 Å². The first-order valence-electron chi connectivity index (χ1n) is 9.29. The van der Waals surface area contributed by atoms with Crippen molar-refractivity contribution < 1.29 is 19.2 Å². The molecule has 8 heteroatoms. The van der Waals surface area contributed by atoms with E-state index in [0.717, 1.165) is 0 Å². The number of para-hydroxylation sites is 1. The maximum Gasteiger partial charge on any atom is 0.272 e. The molecule has 0 heterocycles. The highest BCUT2D eigenvalue weighted by Crippen LogP contribution is 2.23. The predicted molar refractivity (Wildman–Crippen MR) is 116 cm³/mol. The molecule has 0 aliphatic rings. The summed E-state index contributed by atoms with van der Waals surface area (Å²) in [6, 6.07) is 21.7. The molecule has 156 valence electrons. The molecule has 0 aliphatic carbocycles. The number of ether oxygens (including phenoxy) is 1. The summed E-state index contributed by atoms with van der Waals surface area (Å²) in [5.74, 6) is 0.266. The number of nitrogens with zero attached hydrogens (tertiary/aromatic N) is 1. The van der Waals surface area contributed by atoms with Gasteiger partial charge in [0.1, 0.15) is 17.2 Å². The minimum atomic E-state index is -0.571. The highest BCUT2D eigenvalue weighted by Gasteiger charge is 2.13. The molecule has 0 spiro atoms. The largest absolute Gasteiger partial charge is 0.457 e. The van der Waals surface area contributed by atoms with E-state index in [1.54, 1.807) is 30.3 Å². The Hall–Kier alpha value is -4.46. The molecule has 0 bridgehead atoms. The van der Waals surface area contributed by atoms with E-state index in [-0.39, 0.29) is 11.4 Å². The molecule has 0 aromatic heterocycles. The molecule has 3 aromatic rings. The first-order valence-corrected chi connectivity index (χ1v) is 9.29. The number of rotatable bonds is 7. The highest BCUT2D eigenvalue weighted by molar-refractivity contribution is 6.08. The van der Waals surface area contributed by atoms with Gasteiger partial charge in [0, 0.05) is 24.7 Å². The summed E-state index contributed by atoms with van der Waals surface area (Å²) in [5.41, 5.74) is 0.725. The first-order chi connectivity index (χ1) is 14.9. The van der Waals surface area contributed by atoms with Gasteiger partial charge in [-0.15, -0.1) is 0 Å². The van der Waals surface area contributed by atoms with E-state index in [1.807, 2.05) is 30.3 Å². The van der Waals surface area contributed by atoms with Crippen molar-refractivity contribution in [1.29, 1.82) is 0 Å². The summed E-state index contributed by atoms with van der Waals surface area (Å²) in [4.78, 5) is 34.7. The fourth-order valence-electron chi connectivity index (χ4n) is 2.67. The van der Waals surface area contributed by atoms with Crippen LogP contribution in [0.4, 0.5) is 11.4 Å². The minimum Gasteiger partial charge on any atom is -0.457 e. The second kappa shape index (κ2) is 9.84. The van der Waals surface area contributed by atoms with Gasteiger partial charge in [0.25, 0.3) is 11.6 Å². The molecule has 0 fully saturated rings. The number of nitro groups is 1. The Kier molecular flexibility index (Phi) is 6.74. The average molecular weight is 417 g/mol. The minimum absolute atomic E-state index is 0.0439. The van der Waals surface area contributed by atoms with E-state index in [0.29, 0.717) is 22.7 Å². The zero-order chi connectivity index (χ0) is 22.2. The lowest BCUT2D eigenvalue weighted by Gasteiger charge is -2.11. The summed E-state index contributed by atoms with van der Waals surface area (Å²) >= 11 is 0. The number of nitro benzene ring substituents is 1. The van der Waals surface area contributed by atoms with Gasteiger partial charge in [-0.05, 0) is 48.0 Å². The Morgan fingerprint density at radius 2 is 1.61 bits per heavy atom. The average Bonchev–Trinajstić information content (AvgIpc) is 2.75. The number of carbonyl (C=O) groups is 2. The van der Waals surface area contributed by atoms with Crippen LogP contribution < -0.4 is 15.4 Å². The van der Waals surface area contributed by atoms with Crippen LogP contribution in [0.25, 0.3) is 6.08 Å². The van der Waals surface area contributed by atoms with Crippen molar-refractivity contribution in [2.45, 2.75) is 6.92 Å². The van der Waals surface area contributed by atoms with Crippen LogP contribution in [0.15, 0.2) is 84.6 Å². The third-order valence-corrected chi connectivity index (χ3v) is 4.04. The van der Waals surface area contributed by atoms with Crippen molar-refractivity contribution in [1.82, 2.24) is 5.32 Å². The van der Waals surface area contributed by atoms with Gasteiger partial charge in [-0.25, -0.2) is 0 Å². The number of non-ortho nitro benzene ring substituents is 1. The highest BCUT2D eigenvalue weighted by atomic mass is 16.6. The Balaban J connectivity index is 1.75. The van der Waals surface area contributed by atoms with Gasteiger partial charge < -0.3 is 15.4 Å². The Morgan fingerprint density at radius 1 is 0.935 bits per heavy atom. The Morgan fingerprint density at radius 3 is 2.26 bits per heavy atom. The smallest absolute Gasteiger partial charge is 0.272 e. The Bertz CT molecular complexity index is 1130. The van der Waals surface area contributed by atoms with Crippen LogP contribution in [0.5, 0.6) is 11.5 Å². The summed E-state index contributed by atoms with van der Waals surface area (Å²) in [7, 11) is 0. The third kappa shape index (κ3) is 6.26. The first kappa shape index (κ1) is 21.3. The Labute approximate surface area is 178 Å². The van der Waals surface area contributed by atoms with E-state index < -0.39 is 16.7 Å². The summed E-state index contributed by atoms with van der Waals surface area (Å²) in [5, 5.41) is 16.1. The maximum absolute atomic E-state index is 12.7. The van der Waals surface area contributed by atoms with E-state index in [9.17, 15) is 19.7 Å². The zero-order valence-corrected chi connectivity index (χ0v) is 16.6. The van der Waals surface area contributed by atoms with Crippen molar-refractivity contribution >= 4 is 29.3 Å². The molecule has 0 atom stereocenters. The number of carbonyl (C=O) groups excluding carboxylic acids is 2. The third-order valence-electron chi connectivity index (χ3n) is 4.04. The molecule has 0 saturated carbocycles. The van der Waals surface area contributed by atoms with Crippen LogP contribution in [-0.2, 0) is 9.59 Å². The van der Waals surface area contributed by atoms with E-state index in [4.69, 9.17) is 4.74 Å². The van der Waals surface area contributed by atoms with E-state index in [2.05, 4.69) is 10.6 Å². The van der Waals surface area contributed by atoms with Crippen LogP contribution in [0.1, 0.15) is 12.5 Å². The van der Waals surface area contributed by atoms with E-state index >= 15 is 0 Å². The molecule has 8 nitrogen and oxygen atoms in total. The monoisotopic (exact) mass is 417 g/mol. The van der Waals surface area contributed by atoms with Crippen molar-refractivity contribution in [2.75, 3.05) is 5.32 Å². The van der Waals surface area contributed by atoms with Crippen LogP contribution in [0, 0.1) is 10.1 Å². The van der Waals surface area contributed by atoms with Gasteiger partial charge in [0.15, 0.2) is 0 Å². The summed E-state index contributed by atoms with van der Waals surface area (Å²) in [6.45, 7) is 1.27. The predicted octanol–water partition coefficient (Wildman–Crippen LogP) is 4.50. The number of hydrogen-bond acceptors (Lipinski definition) is 5. The van der Waals surface area contributed by atoms with Crippen molar-refractivity contribution in [2.24, 2.45) is 0 Å². The van der Waals surface area contributed by atoms with Gasteiger partial charge in [-0.1, -0.05) is 30.3 Å². The molecule has 31 heavy (non-hydrogen) atoms. The number of hydrogen-bond donors (Lipinski definition) is 2. The molecule has 2 amide bonds. The van der Waals surface area contributed by atoms with Gasteiger partial charge in [0.05, 0.1) is 4.92 Å². The molecule has 0 saturated heterocycles. The zero-order valence-electron chi connectivity index (χ0n) is 16.6. The van der Waals surface area contributed by atoms with Crippen LogP contribution in [-0.4, -0.2) is 16.7 Å². The lowest BCUT2D eigenvalue weighted by molar-refractivity contribution is -0.384. The fourth-order valence-corrected chi connectivity index (χ4v) is 2.67. The number of anilines is 1. The molecule has 0 unspecified atom stereocenters. The standard InChI is InChI=1S/C23H19N3O5/c1-16(27)24-22(15-17-6-5-7-19(14-17)26(29)30)23(28)25-18-10-12-21(13-11-18)31-20-8-3-2-4-9-20/h2-15H,1H3,(H,24,27)(H,25,28). The van der Waals surface area contributed by atoms with Gasteiger partial charge in [-0.2, -0.15) is 0 Å². The molecule has 2 N–H and O–H groups in total.